The smallest absolute Gasteiger partial charge is 0.339 e. The molecule has 0 aliphatic heterocycles. The van der Waals surface area contributed by atoms with E-state index in [0.29, 0.717) is 41.4 Å². The molecule has 44 heavy (non-hydrogen) atoms. The van der Waals surface area contributed by atoms with Gasteiger partial charge in [-0.25, -0.2) is 4.79 Å². The van der Waals surface area contributed by atoms with Gasteiger partial charge < -0.3 is 19.3 Å². The predicted octanol–water partition coefficient (Wildman–Crippen LogP) is 6.24. The molecule has 0 spiro atoms. The molecular weight excluding hydrogens is 556 g/mol. The monoisotopic (exact) mass is 610 g/mol. The van der Waals surface area contributed by atoms with E-state index < -0.39 is 36.4 Å². The van der Waals surface area contributed by atoms with Gasteiger partial charge in [0.1, 0.15) is 18.3 Å². The van der Waals surface area contributed by atoms with Crippen molar-refractivity contribution in [1.82, 2.24) is 0 Å². The van der Waals surface area contributed by atoms with Gasteiger partial charge in [-0.3, -0.25) is 9.59 Å². The summed E-state index contributed by atoms with van der Waals surface area (Å²) in [6.07, 6.45) is 14.0. The van der Waals surface area contributed by atoms with Gasteiger partial charge in [0.2, 0.25) is 0 Å². The third-order valence-corrected chi connectivity index (χ3v) is 14.1. The fourth-order valence-electron chi connectivity index (χ4n) is 13.0. The van der Waals surface area contributed by atoms with Gasteiger partial charge in [-0.2, -0.15) is 0 Å². The summed E-state index contributed by atoms with van der Waals surface area (Å²) in [6, 6.07) is 0. The highest BCUT2D eigenvalue weighted by Gasteiger charge is 2.54. The zero-order valence-corrected chi connectivity index (χ0v) is 26.9. The molecule has 0 aromatic heterocycles. The van der Waals surface area contributed by atoms with Crippen molar-refractivity contribution in [2.24, 2.45) is 71.0 Å². The molecule has 244 valence electrons. The topological polar surface area (TPSA) is 99.1 Å². The summed E-state index contributed by atoms with van der Waals surface area (Å²) < 4.78 is 18.4. The Hall–Kier alpha value is -1.63. The Kier molecular flexibility index (Phi) is 7.62. The van der Waals surface area contributed by atoms with Gasteiger partial charge in [0.25, 0.3) is 0 Å². The molecule has 0 radical (unpaired) electrons. The van der Waals surface area contributed by atoms with E-state index in [1.54, 1.807) is 0 Å². The lowest BCUT2D eigenvalue weighted by atomic mass is 9.55. The van der Waals surface area contributed by atoms with Crippen molar-refractivity contribution in [3.63, 3.8) is 0 Å². The first kappa shape index (κ1) is 29.8. The van der Waals surface area contributed by atoms with Crippen molar-refractivity contribution in [1.29, 1.82) is 0 Å². The van der Waals surface area contributed by atoms with Crippen molar-refractivity contribution < 1.29 is 33.7 Å². The number of ether oxygens (including phenoxy) is 3. The van der Waals surface area contributed by atoms with E-state index in [1.165, 1.54) is 19.3 Å². The summed E-state index contributed by atoms with van der Waals surface area (Å²) in [7, 11) is 0. The van der Waals surface area contributed by atoms with Crippen LogP contribution in [-0.2, 0) is 28.6 Å². The van der Waals surface area contributed by atoms with E-state index in [-0.39, 0.29) is 24.2 Å². The Bertz CT molecular complexity index is 1090. The fraction of sp³-hybridized carbons (Fsp3) is 0.919. The summed E-state index contributed by atoms with van der Waals surface area (Å²) in [5.74, 6) is 4.14. The van der Waals surface area contributed by atoms with Gasteiger partial charge in [-0.15, -0.1) is 0 Å². The Morgan fingerprint density at radius 2 is 0.909 bits per heavy atom. The van der Waals surface area contributed by atoms with Gasteiger partial charge >= 0.3 is 17.9 Å². The molecule has 10 aliphatic rings. The third-order valence-electron chi connectivity index (χ3n) is 14.1. The first-order valence-electron chi connectivity index (χ1n) is 18.4. The number of fused-ring (bicyclic) bond motifs is 2. The van der Waals surface area contributed by atoms with Crippen LogP contribution in [0.5, 0.6) is 0 Å². The molecule has 6 atom stereocenters. The lowest BCUT2D eigenvalue weighted by Crippen LogP contribution is -2.54. The van der Waals surface area contributed by atoms with Crippen LogP contribution in [0.1, 0.15) is 117 Å². The van der Waals surface area contributed by atoms with E-state index in [0.717, 1.165) is 94.3 Å². The average Bonchev–Trinajstić information content (AvgIpc) is 2.93. The first-order chi connectivity index (χ1) is 21.1. The zero-order valence-electron chi connectivity index (χ0n) is 26.9. The van der Waals surface area contributed by atoms with Gasteiger partial charge in [0, 0.05) is 0 Å². The maximum Gasteiger partial charge on any atom is 0.339 e. The summed E-state index contributed by atoms with van der Waals surface area (Å²) in [4.78, 5) is 41.1. The van der Waals surface area contributed by atoms with E-state index in [2.05, 4.69) is 13.8 Å². The highest BCUT2D eigenvalue weighted by atomic mass is 16.6. The van der Waals surface area contributed by atoms with Gasteiger partial charge in [0.05, 0.1) is 12.8 Å². The minimum Gasteiger partial charge on any atom is -0.462 e. The van der Waals surface area contributed by atoms with Crippen LogP contribution in [0, 0.1) is 71.0 Å². The van der Waals surface area contributed by atoms with Crippen molar-refractivity contribution in [2.45, 2.75) is 140 Å². The molecule has 10 bridgehead atoms. The van der Waals surface area contributed by atoms with Crippen LogP contribution < -0.4 is 0 Å². The lowest BCUT2D eigenvalue weighted by Gasteiger charge is -2.54. The Labute approximate surface area is 262 Å². The molecule has 0 amide bonds. The number of carbonyl (C=O) groups excluding carboxylic acids is 3. The highest BCUT2D eigenvalue weighted by Crippen LogP contribution is 2.56. The van der Waals surface area contributed by atoms with Crippen LogP contribution in [0.25, 0.3) is 0 Å². The maximum absolute atomic E-state index is 13.9. The number of hydrogen-bond donors (Lipinski definition) is 1. The van der Waals surface area contributed by atoms with Crippen LogP contribution in [0.15, 0.2) is 0 Å². The molecule has 10 saturated carbocycles. The highest BCUT2D eigenvalue weighted by molar-refractivity contribution is 5.90. The summed E-state index contributed by atoms with van der Waals surface area (Å²) >= 11 is 0. The van der Waals surface area contributed by atoms with Crippen LogP contribution in [0.4, 0.5) is 0 Å². The molecule has 10 rings (SSSR count). The van der Waals surface area contributed by atoms with E-state index in [1.807, 2.05) is 0 Å². The minimum absolute atomic E-state index is 0.142. The van der Waals surface area contributed by atoms with Crippen molar-refractivity contribution in [2.75, 3.05) is 0 Å². The summed E-state index contributed by atoms with van der Waals surface area (Å²) in [5.41, 5.74) is -2.28. The quantitative estimate of drug-likeness (QED) is 0.257. The second-order valence-electron chi connectivity index (χ2n) is 17.7. The molecule has 0 saturated heterocycles. The van der Waals surface area contributed by atoms with E-state index in [4.69, 9.17) is 14.2 Å². The molecule has 10 fully saturated rings. The molecule has 10 aliphatic carbocycles. The SMILES string of the molecule is CC1CC2CC(C)C(OC(=O)CC(O)(CC(=O)OC3C4CC5CC(C4)CC3C5)C(=O)OC3C4CC5CC(C4)CC3C5)C(C1)C2. The standard InChI is InChI=1S/C37H54O7/c1-19-3-21-5-20(2)33(26(4-19)8-21)42-31(38)17-37(41,36(40)44-35-29-13-24-7-25(15-29)16-30(35)14-24)18-32(39)43-34-27-9-22-6-23(11-27)12-28(34)10-22/h19-30,33-35,41H,3-18H2,1-2H3. The summed E-state index contributed by atoms with van der Waals surface area (Å²) in [6.45, 7) is 4.43. The molecule has 0 aromatic carbocycles. The second kappa shape index (κ2) is 11.3. The molecular formula is C37H54O7. The molecule has 7 nitrogen and oxygen atoms in total. The largest absolute Gasteiger partial charge is 0.462 e. The minimum atomic E-state index is -2.28. The van der Waals surface area contributed by atoms with Crippen molar-refractivity contribution >= 4 is 17.9 Å². The van der Waals surface area contributed by atoms with Gasteiger partial charge in [0.15, 0.2) is 5.60 Å². The van der Waals surface area contributed by atoms with Crippen LogP contribution in [-0.4, -0.2) is 46.9 Å². The Balaban J connectivity index is 0.973. The van der Waals surface area contributed by atoms with E-state index >= 15 is 0 Å². The first-order valence-corrected chi connectivity index (χ1v) is 18.4. The molecule has 6 unspecified atom stereocenters. The molecule has 0 heterocycles. The molecule has 1 N–H and O–H groups in total. The number of carbonyl (C=O) groups is 3. The van der Waals surface area contributed by atoms with Crippen LogP contribution in [0.2, 0.25) is 0 Å². The van der Waals surface area contributed by atoms with Gasteiger partial charge in [-0.05, 0) is 161 Å². The lowest BCUT2D eigenvalue weighted by molar-refractivity contribution is -0.201. The van der Waals surface area contributed by atoms with Crippen LogP contribution in [0.3, 0.4) is 0 Å². The second-order valence-corrected chi connectivity index (χ2v) is 17.7. The van der Waals surface area contributed by atoms with Crippen molar-refractivity contribution in [3.8, 4) is 0 Å². The van der Waals surface area contributed by atoms with Crippen molar-refractivity contribution in [3.05, 3.63) is 0 Å². The van der Waals surface area contributed by atoms with E-state index in [9.17, 15) is 19.5 Å². The maximum atomic E-state index is 13.9. The average molecular weight is 611 g/mol. The van der Waals surface area contributed by atoms with Gasteiger partial charge in [-0.1, -0.05) is 13.8 Å². The number of esters is 3. The fourth-order valence-corrected chi connectivity index (χ4v) is 13.0. The Morgan fingerprint density at radius 1 is 0.523 bits per heavy atom. The third kappa shape index (κ3) is 5.53. The number of aliphatic hydroxyl groups is 1. The predicted molar refractivity (Wildman–Crippen MR) is 162 cm³/mol. The summed E-state index contributed by atoms with van der Waals surface area (Å²) in [5, 5.41) is 12.0. The molecule has 7 heteroatoms. The normalized spacial score (nSPS) is 49.3. The Morgan fingerprint density at radius 3 is 1.39 bits per heavy atom. The zero-order chi connectivity index (χ0) is 30.3. The van der Waals surface area contributed by atoms with Crippen LogP contribution >= 0.6 is 0 Å². The number of hydrogen-bond acceptors (Lipinski definition) is 7. The number of rotatable bonds is 8. The molecule has 0 aromatic rings.